The summed E-state index contributed by atoms with van der Waals surface area (Å²) in [6, 6.07) is 13.8. The molecule has 1 aliphatic rings. The molecule has 0 spiro atoms. The molecule has 2 aromatic carbocycles. The molecule has 0 bridgehead atoms. The van der Waals surface area contributed by atoms with Crippen LogP contribution in [0, 0.1) is 0 Å². The number of hydrogen-bond donors (Lipinski definition) is 2. The van der Waals surface area contributed by atoms with E-state index in [0.29, 0.717) is 49.9 Å². The molecule has 0 saturated heterocycles. The van der Waals surface area contributed by atoms with Gasteiger partial charge >= 0.3 is 0 Å². The summed E-state index contributed by atoms with van der Waals surface area (Å²) in [7, 11) is 3.22. The minimum Gasteiger partial charge on any atom is -0.493 e. The van der Waals surface area contributed by atoms with E-state index >= 15 is 0 Å². The van der Waals surface area contributed by atoms with Crippen molar-refractivity contribution in [1.29, 1.82) is 0 Å². The highest BCUT2D eigenvalue weighted by atomic mass is 16.5. The van der Waals surface area contributed by atoms with E-state index in [9.17, 15) is 4.79 Å². The van der Waals surface area contributed by atoms with E-state index in [-0.39, 0.29) is 5.91 Å². The number of anilines is 1. The molecular formula is C23H30N4O3. The van der Waals surface area contributed by atoms with Crippen molar-refractivity contribution in [3.05, 3.63) is 53.6 Å². The number of guanidine groups is 1. The van der Waals surface area contributed by atoms with Crippen molar-refractivity contribution < 1.29 is 14.3 Å². The maximum atomic E-state index is 12.5. The molecule has 7 heteroatoms. The molecule has 0 radical (unpaired) electrons. The van der Waals surface area contributed by atoms with Crippen LogP contribution >= 0.6 is 0 Å². The normalized spacial score (nSPS) is 13.0. The first-order chi connectivity index (χ1) is 14.6. The molecule has 0 fully saturated rings. The number of amides is 1. The van der Waals surface area contributed by atoms with Gasteiger partial charge in [0.2, 0.25) is 5.91 Å². The molecule has 3 rings (SSSR count). The van der Waals surface area contributed by atoms with Gasteiger partial charge in [0.1, 0.15) is 0 Å². The molecule has 1 aliphatic heterocycles. The Morgan fingerprint density at radius 3 is 2.40 bits per heavy atom. The minimum absolute atomic E-state index is 0.180. The van der Waals surface area contributed by atoms with Crippen molar-refractivity contribution in [3.63, 3.8) is 0 Å². The topological polar surface area (TPSA) is 75.2 Å². The number of benzene rings is 2. The first kappa shape index (κ1) is 21.5. The average Bonchev–Trinajstić information content (AvgIpc) is 3.21. The van der Waals surface area contributed by atoms with Gasteiger partial charge in [-0.05, 0) is 36.6 Å². The van der Waals surface area contributed by atoms with Gasteiger partial charge in [0.25, 0.3) is 0 Å². The highest BCUT2D eigenvalue weighted by Gasteiger charge is 2.22. The Hall–Kier alpha value is -3.22. The van der Waals surface area contributed by atoms with Gasteiger partial charge in [-0.2, -0.15) is 0 Å². The highest BCUT2D eigenvalue weighted by molar-refractivity contribution is 5.94. The first-order valence-electron chi connectivity index (χ1n) is 10.3. The zero-order chi connectivity index (χ0) is 21.3. The van der Waals surface area contributed by atoms with Crippen molar-refractivity contribution in [2.24, 2.45) is 4.99 Å². The predicted molar refractivity (Wildman–Crippen MR) is 119 cm³/mol. The fourth-order valence-electron chi connectivity index (χ4n) is 3.45. The summed E-state index contributed by atoms with van der Waals surface area (Å²) >= 11 is 0. The zero-order valence-corrected chi connectivity index (χ0v) is 17.9. The molecule has 0 aliphatic carbocycles. The van der Waals surface area contributed by atoms with Crippen molar-refractivity contribution >= 4 is 17.6 Å². The van der Waals surface area contributed by atoms with Crippen LogP contribution in [0.4, 0.5) is 5.69 Å². The van der Waals surface area contributed by atoms with Gasteiger partial charge in [0, 0.05) is 44.4 Å². The second kappa shape index (κ2) is 10.5. The lowest BCUT2D eigenvalue weighted by Gasteiger charge is -2.15. The SMILES string of the molecule is CCNC(=NCCCC(=O)N1Cc2ccccc2C1)Nc1ccc(OC)c(OC)c1. The lowest BCUT2D eigenvalue weighted by molar-refractivity contribution is -0.131. The van der Waals surface area contributed by atoms with Crippen LogP contribution in [-0.4, -0.2) is 44.1 Å². The first-order valence-corrected chi connectivity index (χ1v) is 10.3. The second-order valence-electron chi connectivity index (χ2n) is 7.08. The lowest BCUT2D eigenvalue weighted by atomic mass is 10.1. The Kier molecular flexibility index (Phi) is 7.54. The molecule has 2 aromatic rings. The Labute approximate surface area is 178 Å². The summed E-state index contributed by atoms with van der Waals surface area (Å²) in [5.41, 5.74) is 3.34. The van der Waals surface area contributed by atoms with Gasteiger partial charge < -0.3 is 25.0 Å². The number of nitrogens with one attached hydrogen (secondary N) is 2. The Morgan fingerprint density at radius 1 is 1.07 bits per heavy atom. The smallest absolute Gasteiger partial charge is 0.223 e. The third kappa shape index (κ3) is 5.43. The third-order valence-electron chi connectivity index (χ3n) is 5.00. The van der Waals surface area contributed by atoms with Crippen molar-refractivity contribution in [2.45, 2.75) is 32.9 Å². The van der Waals surface area contributed by atoms with E-state index in [1.54, 1.807) is 14.2 Å². The monoisotopic (exact) mass is 410 g/mol. The summed E-state index contributed by atoms with van der Waals surface area (Å²) in [5, 5.41) is 6.49. The molecule has 0 aromatic heterocycles. The van der Waals surface area contributed by atoms with Gasteiger partial charge in [-0.3, -0.25) is 9.79 Å². The van der Waals surface area contributed by atoms with Crippen LogP contribution in [0.15, 0.2) is 47.5 Å². The van der Waals surface area contributed by atoms with Crippen LogP contribution in [-0.2, 0) is 17.9 Å². The zero-order valence-electron chi connectivity index (χ0n) is 17.9. The summed E-state index contributed by atoms with van der Waals surface area (Å²) in [5.74, 6) is 2.17. The van der Waals surface area contributed by atoms with Gasteiger partial charge in [0.05, 0.1) is 14.2 Å². The standard InChI is InChI=1S/C23H30N4O3/c1-4-24-23(26-19-11-12-20(29-2)21(14-19)30-3)25-13-7-10-22(28)27-15-17-8-5-6-9-18(17)16-27/h5-6,8-9,11-12,14H,4,7,10,13,15-16H2,1-3H3,(H2,24,25,26). The van der Waals surface area contributed by atoms with Gasteiger partial charge in [-0.25, -0.2) is 0 Å². The maximum Gasteiger partial charge on any atom is 0.223 e. The van der Waals surface area contributed by atoms with E-state index < -0.39 is 0 Å². The molecule has 2 N–H and O–H groups in total. The van der Waals surface area contributed by atoms with Gasteiger partial charge in [-0.1, -0.05) is 24.3 Å². The number of aliphatic imine (C=N–C) groups is 1. The average molecular weight is 411 g/mol. The molecule has 0 saturated carbocycles. The second-order valence-corrected chi connectivity index (χ2v) is 7.08. The number of nitrogens with zero attached hydrogens (tertiary/aromatic N) is 2. The molecule has 7 nitrogen and oxygen atoms in total. The lowest BCUT2D eigenvalue weighted by Crippen LogP contribution is -2.31. The molecular weight excluding hydrogens is 380 g/mol. The largest absolute Gasteiger partial charge is 0.493 e. The minimum atomic E-state index is 0.180. The van der Waals surface area contributed by atoms with Gasteiger partial charge in [0.15, 0.2) is 17.5 Å². The summed E-state index contributed by atoms with van der Waals surface area (Å²) in [6.07, 6.45) is 1.20. The number of carbonyl (C=O) groups excluding carboxylic acids is 1. The quantitative estimate of drug-likeness (QED) is 0.396. The Bertz CT molecular complexity index is 873. The van der Waals surface area contributed by atoms with Crippen LogP contribution < -0.4 is 20.1 Å². The molecule has 0 atom stereocenters. The number of methoxy groups -OCH3 is 2. The fourth-order valence-corrected chi connectivity index (χ4v) is 3.45. The fraction of sp³-hybridized carbons (Fsp3) is 0.391. The van der Waals surface area contributed by atoms with E-state index in [2.05, 4.69) is 27.8 Å². The number of hydrogen-bond acceptors (Lipinski definition) is 4. The van der Waals surface area contributed by atoms with E-state index in [4.69, 9.17) is 9.47 Å². The molecule has 1 heterocycles. The summed E-state index contributed by atoms with van der Waals surface area (Å²) in [6.45, 7) is 4.74. The van der Waals surface area contributed by atoms with E-state index in [0.717, 1.165) is 12.2 Å². The van der Waals surface area contributed by atoms with Crippen LogP contribution in [0.3, 0.4) is 0 Å². The van der Waals surface area contributed by atoms with E-state index in [1.165, 1.54) is 11.1 Å². The predicted octanol–water partition coefficient (Wildman–Crippen LogP) is 3.40. The Morgan fingerprint density at radius 2 is 1.77 bits per heavy atom. The van der Waals surface area contributed by atoms with Crippen molar-refractivity contribution in [1.82, 2.24) is 10.2 Å². The number of fused-ring (bicyclic) bond motifs is 1. The van der Waals surface area contributed by atoms with Crippen molar-refractivity contribution in [2.75, 3.05) is 32.6 Å². The van der Waals surface area contributed by atoms with Gasteiger partial charge in [-0.15, -0.1) is 0 Å². The number of ether oxygens (including phenoxy) is 2. The van der Waals surface area contributed by atoms with Crippen LogP contribution in [0.2, 0.25) is 0 Å². The number of rotatable bonds is 8. The highest BCUT2D eigenvalue weighted by Crippen LogP contribution is 2.29. The molecule has 0 unspecified atom stereocenters. The maximum absolute atomic E-state index is 12.5. The number of carbonyl (C=O) groups is 1. The van der Waals surface area contributed by atoms with E-state index in [1.807, 2.05) is 42.2 Å². The Balaban J connectivity index is 1.51. The van der Waals surface area contributed by atoms with Crippen LogP contribution in [0.25, 0.3) is 0 Å². The van der Waals surface area contributed by atoms with Crippen molar-refractivity contribution in [3.8, 4) is 11.5 Å². The molecule has 160 valence electrons. The van der Waals surface area contributed by atoms with Crippen LogP contribution in [0.1, 0.15) is 30.9 Å². The molecule has 30 heavy (non-hydrogen) atoms. The third-order valence-corrected chi connectivity index (χ3v) is 5.00. The molecule has 1 amide bonds. The summed E-state index contributed by atoms with van der Waals surface area (Å²) < 4.78 is 10.6. The van der Waals surface area contributed by atoms with Crippen LogP contribution in [0.5, 0.6) is 11.5 Å². The summed E-state index contributed by atoms with van der Waals surface area (Å²) in [4.78, 5) is 19.0.